The first-order valence-corrected chi connectivity index (χ1v) is 31.4. The Morgan fingerprint density at radius 1 is 0.500 bits per heavy atom. The molecule has 0 aliphatic carbocycles. The molecule has 0 aromatic rings. The van der Waals surface area contributed by atoms with Crippen LogP contribution in [-0.2, 0) is 18.4 Å². The monoisotopic (exact) mass is 1030 g/mol. The standard InChI is InChI=1S/C63H115N2O6P/c1-6-8-10-12-14-16-18-20-22-24-26-27-28-29-30-31-32-33-34-35-36-37-39-40-42-44-46-48-50-52-54-56-62(66)61(60-71-72(68,69)70-59-58-65(3,4)5)64-63(67)57-55-53-51-49-47-45-43-41-38-25-23-21-19-17-15-13-11-9-7-2/h9,11,15,17,21,23,38-41,46,48,54,56,61-62,66H,6-8,10,12-14,16,18-20,22,24-37,42-45,47,49-53,55,57-60H2,1-5H3,(H-,64,67,68,69)/b11-9-,17-15-,23-21-,40-39+,41-38-,48-46+,56-54+. The number of allylic oxidation sites excluding steroid dienone is 13. The molecule has 418 valence electrons. The minimum Gasteiger partial charge on any atom is -0.756 e. The number of amides is 1. The highest BCUT2D eigenvalue weighted by molar-refractivity contribution is 7.45. The number of aliphatic hydroxyl groups excluding tert-OH is 1. The molecule has 0 radical (unpaired) electrons. The third kappa shape index (κ3) is 55.4. The van der Waals surface area contributed by atoms with E-state index in [1.165, 1.54) is 148 Å². The first-order valence-electron chi connectivity index (χ1n) is 29.9. The molecule has 1 amide bonds. The van der Waals surface area contributed by atoms with E-state index >= 15 is 0 Å². The third-order valence-electron chi connectivity index (χ3n) is 13.1. The number of rotatable bonds is 54. The smallest absolute Gasteiger partial charge is 0.268 e. The number of quaternary nitrogens is 1. The van der Waals surface area contributed by atoms with Crippen LogP contribution in [0.3, 0.4) is 0 Å². The molecule has 3 unspecified atom stereocenters. The fourth-order valence-electron chi connectivity index (χ4n) is 8.41. The predicted octanol–water partition coefficient (Wildman–Crippen LogP) is 17.8. The van der Waals surface area contributed by atoms with Gasteiger partial charge in [0.25, 0.3) is 7.82 Å². The van der Waals surface area contributed by atoms with Crippen LogP contribution >= 0.6 is 7.82 Å². The number of carbonyl (C=O) groups is 1. The van der Waals surface area contributed by atoms with Gasteiger partial charge in [-0.3, -0.25) is 9.36 Å². The third-order valence-corrected chi connectivity index (χ3v) is 14.0. The first-order chi connectivity index (χ1) is 35.0. The van der Waals surface area contributed by atoms with Gasteiger partial charge in [0, 0.05) is 6.42 Å². The molecule has 0 saturated carbocycles. The van der Waals surface area contributed by atoms with Crippen molar-refractivity contribution in [2.45, 2.75) is 270 Å². The van der Waals surface area contributed by atoms with Gasteiger partial charge in [-0.2, -0.15) is 0 Å². The molecule has 0 aromatic carbocycles. The van der Waals surface area contributed by atoms with Gasteiger partial charge >= 0.3 is 0 Å². The Morgan fingerprint density at radius 2 is 0.861 bits per heavy atom. The highest BCUT2D eigenvalue weighted by Crippen LogP contribution is 2.38. The second-order valence-corrected chi connectivity index (χ2v) is 22.7. The summed E-state index contributed by atoms with van der Waals surface area (Å²) in [7, 11) is 1.22. The lowest BCUT2D eigenvalue weighted by Crippen LogP contribution is -2.45. The number of carbonyl (C=O) groups excluding carboxylic acids is 1. The lowest BCUT2D eigenvalue weighted by Gasteiger charge is -2.29. The lowest BCUT2D eigenvalue weighted by molar-refractivity contribution is -0.870. The zero-order valence-electron chi connectivity index (χ0n) is 47.6. The molecule has 0 fully saturated rings. The molecule has 0 aromatic heterocycles. The number of nitrogens with one attached hydrogen (secondary N) is 1. The molecule has 0 aliphatic rings. The maximum absolute atomic E-state index is 12.9. The quantitative estimate of drug-likeness (QED) is 0.0272. The molecule has 0 rings (SSSR count). The fraction of sp³-hybridized carbons (Fsp3) is 0.762. The Labute approximate surface area is 446 Å². The van der Waals surface area contributed by atoms with Crippen LogP contribution in [-0.4, -0.2) is 68.5 Å². The molecule has 8 nitrogen and oxygen atoms in total. The highest BCUT2D eigenvalue weighted by atomic mass is 31.2. The number of phosphoric ester groups is 1. The molecule has 9 heteroatoms. The highest BCUT2D eigenvalue weighted by Gasteiger charge is 2.23. The summed E-state index contributed by atoms with van der Waals surface area (Å²) >= 11 is 0. The minimum atomic E-state index is -4.62. The molecule has 0 spiro atoms. The van der Waals surface area contributed by atoms with Crippen molar-refractivity contribution in [2.24, 2.45) is 0 Å². The van der Waals surface area contributed by atoms with Gasteiger partial charge in [-0.05, 0) is 83.5 Å². The number of hydrogen-bond donors (Lipinski definition) is 2. The largest absolute Gasteiger partial charge is 0.756 e. The van der Waals surface area contributed by atoms with E-state index in [-0.39, 0.29) is 12.5 Å². The van der Waals surface area contributed by atoms with Gasteiger partial charge < -0.3 is 28.8 Å². The lowest BCUT2D eigenvalue weighted by atomic mass is 10.0. The van der Waals surface area contributed by atoms with Crippen LogP contribution < -0.4 is 10.2 Å². The molecule has 3 atom stereocenters. The van der Waals surface area contributed by atoms with Crippen molar-refractivity contribution < 1.29 is 32.9 Å². The summed E-state index contributed by atoms with van der Waals surface area (Å²) in [5.41, 5.74) is 0. The van der Waals surface area contributed by atoms with E-state index < -0.39 is 26.6 Å². The minimum absolute atomic E-state index is 0.0162. The summed E-state index contributed by atoms with van der Waals surface area (Å²) in [6, 6.07) is -0.924. The SMILES string of the molecule is CC/C=C\C/C=C\C/C=C\C/C=C\CCCCCCCCC(=O)NC(COP(=O)([O-])OCC[N+](C)(C)C)C(O)/C=C/CC/C=C/CC/C=C/CCCCCCCCCCCCCCCCCCCCCCC. The molecule has 0 saturated heterocycles. The average molecular weight is 1030 g/mol. The van der Waals surface area contributed by atoms with Crippen LogP contribution in [0.15, 0.2) is 85.1 Å². The zero-order valence-corrected chi connectivity index (χ0v) is 48.5. The van der Waals surface area contributed by atoms with Crippen molar-refractivity contribution in [2.75, 3.05) is 40.9 Å². The molecule has 72 heavy (non-hydrogen) atoms. The van der Waals surface area contributed by atoms with E-state index in [1.807, 2.05) is 27.2 Å². The fourth-order valence-corrected chi connectivity index (χ4v) is 9.14. The van der Waals surface area contributed by atoms with E-state index in [9.17, 15) is 19.4 Å². The summed E-state index contributed by atoms with van der Waals surface area (Å²) < 4.78 is 23.3. The predicted molar refractivity (Wildman–Crippen MR) is 311 cm³/mol. The second-order valence-electron chi connectivity index (χ2n) is 21.3. The van der Waals surface area contributed by atoms with Gasteiger partial charge in [0.2, 0.25) is 5.91 Å². The Bertz CT molecular complexity index is 1450. The van der Waals surface area contributed by atoms with Crippen LogP contribution in [0.5, 0.6) is 0 Å². The normalized spacial score (nSPS) is 14.5. The number of likely N-dealkylation sites (N-methyl/N-ethyl adjacent to an activating group) is 1. The van der Waals surface area contributed by atoms with E-state index in [2.05, 4.69) is 92.1 Å². The van der Waals surface area contributed by atoms with E-state index in [4.69, 9.17) is 9.05 Å². The molecule has 0 aliphatic heterocycles. The Hall–Kier alpha value is -2.32. The molecule has 0 bridgehead atoms. The first kappa shape index (κ1) is 69.7. The Balaban J connectivity index is 4.24. The molecular formula is C63H115N2O6P. The second kappa shape index (κ2) is 53.5. The summed E-state index contributed by atoms with van der Waals surface area (Å²) in [5, 5.41) is 13.9. The van der Waals surface area contributed by atoms with Crippen molar-refractivity contribution >= 4 is 13.7 Å². The zero-order chi connectivity index (χ0) is 52.7. The van der Waals surface area contributed by atoms with Crippen molar-refractivity contribution in [3.63, 3.8) is 0 Å². The van der Waals surface area contributed by atoms with Crippen molar-refractivity contribution in [1.82, 2.24) is 5.32 Å². The maximum atomic E-state index is 12.9. The number of hydrogen-bond acceptors (Lipinski definition) is 6. The number of nitrogens with zero attached hydrogens (tertiary/aromatic N) is 1. The van der Waals surface area contributed by atoms with Crippen LogP contribution in [0.1, 0.15) is 258 Å². The van der Waals surface area contributed by atoms with Crippen LogP contribution in [0.25, 0.3) is 0 Å². The van der Waals surface area contributed by atoms with Crippen LogP contribution in [0, 0.1) is 0 Å². The maximum Gasteiger partial charge on any atom is 0.268 e. The summed E-state index contributed by atoms with van der Waals surface area (Å²) in [4.78, 5) is 25.5. The van der Waals surface area contributed by atoms with E-state index in [0.29, 0.717) is 17.4 Å². The summed E-state index contributed by atoms with van der Waals surface area (Å²) in [6.45, 7) is 4.51. The number of phosphoric acid groups is 1. The van der Waals surface area contributed by atoms with Gasteiger partial charge in [-0.1, -0.05) is 253 Å². The topological polar surface area (TPSA) is 108 Å². The van der Waals surface area contributed by atoms with Crippen LogP contribution in [0.2, 0.25) is 0 Å². The van der Waals surface area contributed by atoms with Gasteiger partial charge in [0.1, 0.15) is 13.2 Å². The van der Waals surface area contributed by atoms with Crippen molar-refractivity contribution in [3.05, 3.63) is 85.1 Å². The van der Waals surface area contributed by atoms with E-state index in [0.717, 1.165) is 89.9 Å². The number of aliphatic hydroxyl groups is 1. The van der Waals surface area contributed by atoms with Gasteiger partial charge in [-0.25, -0.2) is 0 Å². The van der Waals surface area contributed by atoms with Gasteiger partial charge in [0.05, 0.1) is 39.9 Å². The summed E-state index contributed by atoms with van der Waals surface area (Å²) in [6.07, 6.45) is 75.4. The van der Waals surface area contributed by atoms with E-state index in [1.54, 1.807) is 6.08 Å². The molecule has 2 N–H and O–H groups in total. The van der Waals surface area contributed by atoms with Crippen LogP contribution in [0.4, 0.5) is 0 Å². The Morgan fingerprint density at radius 3 is 1.29 bits per heavy atom. The van der Waals surface area contributed by atoms with Gasteiger partial charge in [0.15, 0.2) is 0 Å². The molecule has 0 heterocycles. The number of unbranched alkanes of at least 4 members (excludes halogenated alkanes) is 29. The average Bonchev–Trinajstić information content (AvgIpc) is 3.34. The Kier molecular flexibility index (Phi) is 51.8. The van der Waals surface area contributed by atoms with Crippen molar-refractivity contribution in [3.8, 4) is 0 Å². The van der Waals surface area contributed by atoms with Gasteiger partial charge in [-0.15, -0.1) is 0 Å². The molecular weight excluding hydrogens is 912 g/mol. The summed E-state index contributed by atoms with van der Waals surface area (Å²) in [5.74, 6) is -0.227. The van der Waals surface area contributed by atoms with Crippen molar-refractivity contribution in [1.29, 1.82) is 0 Å².